The van der Waals surface area contributed by atoms with Gasteiger partial charge in [0.25, 0.3) is 11.3 Å². The molecule has 0 aliphatic heterocycles. The number of nitrogens with one attached hydrogen (secondary N) is 1. The van der Waals surface area contributed by atoms with E-state index in [9.17, 15) is 4.21 Å². The van der Waals surface area contributed by atoms with Gasteiger partial charge in [0.15, 0.2) is 0 Å². The Kier molecular flexibility index (Phi) is 2.98. The molecule has 4 nitrogen and oxygen atoms in total. The lowest BCUT2D eigenvalue weighted by Crippen LogP contribution is -2.28. The van der Waals surface area contributed by atoms with Crippen molar-refractivity contribution in [3.63, 3.8) is 0 Å². The van der Waals surface area contributed by atoms with Crippen LogP contribution in [0.15, 0.2) is 0 Å². The van der Waals surface area contributed by atoms with Crippen molar-refractivity contribution < 1.29 is 13.6 Å². The molecule has 2 aliphatic rings. The summed E-state index contributed by atoms with van der Waals surface area (Å²) in [7, 11) is 0. The molecule has 2 fully saturated rings. The van der Waals surface area contributed by atoms with Crippen LogP contribution in [0.1, 0.15) is 32.1 Å². The summed E-state index contributed by atoms with van der Waals surface area (Å²) in [5.41, 5.74) is 0. The van der Waals surface area contributed by atoms with Crippen LogP contribution in [0.4, 0.5) is 0 Å². The van der Waals surface area contributed by atoms with E-state index in [4.69, 9.17) is 9.39 Å². The van der Waals surface area contributed by atoms with E-state index in [0.29, 0.717) is 5.92 Å². The summed E-state index contributed by atoms with van der Waals surface area (Å²) in [6.07, 6.45) is 6.22. The van der Waals surface area contributed by atoms with Gasteiger partial charge in [0, 0.05) is 0 Å². The molecule has 2 saturated carbocycles. The molecule has 0 aromatic rings. The first-order valence-corrected chi connectivity index (χ1v) is 5.90. The minimum absolute atomic E-state index is 0.156. The molecule has 5 heteroatoms. The highest BCUT2D eigenvalue weighted by atomic mass is 32.2. The molecular formula is C8H15NO3S. The Morgan fingerprint density at radius 2 is 2.15 bits per heavy atom. The van der Waals surface area contributed by atoms with Gasteiger partial charge in [-0.25, -0.2) is 4.21 Å². The number of fused-ring (bicyclic) bond motifs is 1. The van der Waals surface area contributed by atoms with E-state index in [-0.39, 0.29) is 6.10 Å². The minimum atomic E-state index is -2.04. The maximum absolute atomic E-state index is 10.3. The monoisotopic (exact) mass is 205 g/mol. The van der Waals surface area contributed by atoms with Crippen LogP contribution in [0, 0.1) is 11.8 Å². The smallest absolute Gasteiger partial charge is 0.256 e. The minimum Gasteiger partial charge on any atom is -0.292 e. The Labute approximate surface area is 80.4 Å². The van der Waals surface area contributed by atoms with Crippen molar-refractivity contribution >= 4 is 11.3 Å². The number of hydrogen-bond acceptors (Lipinski definition) is 2. The first kappa shape index (κ1) is 9.58. The summed E-state index contributed by atoms with van der Waals surface area (Å²) in [6, 6.07) is 0. The third kappa shape index (κ3) is 2.10. The zero-order valence-corrected chi connectivity index (χ0v) is 8.26. The van der Waals surface area contributed by atoms with Crippen molar-refractivity contribution in [3.8, 4) is 0 Å². The van der Waals surface area contributed by atoms with Crippen LogP contribution < -0.4 is 4.89 Å². The molecule has 0 heterocycles. The second-order valence-corrected chi connectivity index (χ2v) is 4.59. The second-order valence-electron chi connectivity index (χ2n) is 3.92. The van der Waals surface area contributed by atoms with Gasteiger partial charge in [-0.15, -0.1) is 0 Å². The Morgan fingerprint density at radius 1 is 1.31 bits per heavy atom. The van der Waals surface area contributed by atoms with Crippen molar-refractivity contribution in [1.82, 2.24) is 4.89 Å². The van der Waals surface area contributed by atoms with E-state index in [0.717, 1.165) is 12.3 Å². The predicted molar refractivity (Wildman–Crippen MR) is 48.8 cm³/mol. The average molecular weight is 205 g/mol. The average Bonchev–Trinajstić information content (AvgIpc) is 2.60. The van der Waals surface area contributed by atoms with E-state index in [1.807, 2.05) is 0 Å². The molecule has 0 spiro atoms. The summed E-state index contributed by atoms with van der Waals surface area (Å²) >= 11 is -2.04. The van der Waals surface area contributed by atoms with E-state index in [1.54, 1.807) is 0 Å². The molecule has 0 radical (unpaired) electrons. The zero-order valence-electron chi connectivity index (χ0n) is 7.44. The van der Waals surface area contributed by atoms with Gasteiger partial charge in [-0.05, 0) is 31.1 Å². The van der Waals surface area contributed by atoms with Crippen LogP contribution >= 0.6 is 0 Å². The van der Waals surface area contributed by atoms with Crippen LogP contribution in [-0.2, 0) is 16.1 Å². The molecular weight excluding hydrogens is 190 g/mol. The van der Waals surface area contributed by atoms with Gasteiger partial charge in [-0.1, -0.05) is 17.7 Å². The van der Waals surface area contributed by atoms with Gasteiger partial charge in [0.1, 0.15) is 0 Å². The first-order valence-electron chi connectivity index (χ1n) is 4.79. The molecule has 2 aliphatic carbocycles. The van der Waals surface area contributed by atoms with Crippen LogP contribution in [0.3, 0.4) is 0 Å². The standard InChI is InChI=1S/C8H15NO3S/c10-13(11)9-12-8-5-4-6-2-1-3-7(6)8/h6-9H,1-5H2,(H,10,11). The molecule has 2 N–H and O–H groups in total. The predicted octanol–water partition coefficient (Wildman–Crippen LogP) is 1.22. The largest absolute Gasteiger partial charge is 0.292 e. The normalized spacial score (nSPS) is 40.5. The Balaban J connectivity index is 1.83. The molecule has 0 amide bonds. The molecule has 0 aromatic heterocycles. The molecule has 2 rings (SSSR count). The Morgan fingerprint density at radius 3 is 2.92 bits per heavy atom. The van der Waals surface area contributed by atoms with Gasteiger partial charge >= 0.3 is 0 Å². The summed E-state index contributed by atoms with van der Waals surface area (Å²) in [4.78, 5) is 7.31. The second kappa shape index (κ2) is 4.04. The van der Waals surface area contributed by atoms with E-state index in [2.05, 4.69) is 4.89 Å². The quantitative estimate of drug-likeness (QED) is 0.538. The fourth-order valence-corrected chi connectivity index (χ4v) is 2.96. The van der Waals surface area contributed by atoms with E-state index in [1.165, 1.54) is 25.7 Å². The van der Waals surface area contributed by atoms with Gasteiger partial charge < -0.3 is 0 Å². The van der Waals surface area contributed by atoms with Crippen LogP contribution in [0.5, 0.6) is 0 Å². The van der Waals surface area contributed by atoms with Crippen molar-refractivity contribution in [2.24, 2.45) is 11.8 Å². The lowest BCUT2D eigenvalue weighted by Gasteiger charge is -2.17. The van der Waals surface area contributed by atoms with Crippen LogP contribution in [0.2, 0.25) is 0 Å². The van der Waals surface area contributed by atoms with Crippen molar-refractivity contribution in [2.45, 2.75) is 38.2 Å². The summed E-state index contributed by atoms with van der Waals surface area (Å²) in [5.74, 6) is 1.43. The topological polar surface area (TPSA) is 58.6 Å². The highest BCUT2D eigenvalue weighted by molar-refractivity contribution is 7.76. The molecule has 0 aromatic carbocycles. The third-order valence-electron chi connectivity index (χ3n) is 3.29. The zero-order chi connectivity index (χ0) is 9.26. The first-order chi connectivity index (χ1) is 6.27. The van der Waals surface area contributed by atoms with E-state index < -0.39 is 11.3 Å². The summed E-state index contributed by atoms with van der Waals surface area (Å²) in [5, 5.41) is 0. The molecule has 4 atom stereocenters. The summed E-state index contributed by atoms with van der Waals surface area (Å²) < 4.78 is 18.8. The molecule has 4 unspecified atom stereocenters. The van der Waals surface area contributed by atoms with Gasteiger partial charge in [0.2, 0.25) is 0 Å². The van der Waals surface area contributed by atoms with Crippen LogP contribution in [-0.4, -0.2) is 14.9 Å². The Hall–Kier alpha value is 0.0300. The SMILES string of the molecule is O=S(O)NOC1CCC2CCCC21. The fraction of sp³-hybridized carbons (Fsp3) is 1.00. The maximum atomic E-state index is 10.3. The highest BCUT2D eigenvalue weighted by Gasteiger charge is 2.40. The Bertz CT molecular complexity index is 212. The molecule has 76 valence electrons. The molecule has 0 saturated heterocycles. The van der Waals surface area contributed by atoms with Gasteiger partial charge in [-0.3, -0.25) is 9.39 Å². The molecule has 13 heavy (non-hydrogen) atoms. The number of rotatable bonds is 3. The lowest BCUT2D eigenvalue weighted by atomic mass is 9.99. The van der Waals surface area contributed by atoms with E-state index >= 15 is 0 Å². The maximum Gasteiger partial charge on any atom is 0.256 e. The van der Waals surface area contributed by atoms with Crippen molar-refractivity contribution in [2.75, 3.05) is 0 Å². The number of hydrogen-bond donors (Lipinski definition) is 2. The van der Waals surface area contributed by atoms with Crippen molar-refractivity contribution in [3.05, 3.63) is 0 Å². The third-order valence-corrected chi connectivity index (χ3v) is 3.53. The fourth-order valence-electron chi connectivity index (χ4n) is 2.76. The van der Waals surface area contributed by atoms with Gasteiger partial charge in [-0.2, -0.15) is 0 Å². The van der Waals surface area contributed by atoms with Crippen LogP contribution in [0.25, 0.3) is 0 Å². The summed E-state index contributed by atoms with van der Waals surface area (Å²) in [6.45, 7) is 0. The lowest BCUT2D eigenvalue weighted by molar-refractivity contribution is -0.00831. The highest BCUT2D eigenvalue weighted by Crippen LogP contribution is 2.44. The van der Waals surface area contributed by atoms with Gasteiger partial charge in [0.05, 0.1) is 6.10 Å². The molecule has 0 bridgehead atoms. The van der Waals surface area contributed by atoms with Crippen molar-refractivity contribution in [1.29, 1.82) is 0 Å².